The van der Waals surface area contributed by atoms with Crippen molar-refractivity contribution in [3.63, 3.8) is 0 Å². The van der Waals surface area contributed by atoms with Crippen molar-refractivity contribution in [2.45, 2.75) is 19.0 Å². The quantitative estimate of drug-likeness (QED) is 0.678. The highest BCUT2D eigenvalue weighted by Crippen LogP contribution is 2.32. The summed E-state index contributed by atoms with van der Waals surface area (Å²) >= 11 is 1.30. The molecule has 1 fully saturated rings. The van der Waals surface area contributed by atoms with Gasteiger partial charge in [0.2, 0.25) is 5.91 Å². The maximum Gasteiger partial charge on any atom is 0.420 e. The molecule has 0 radical (unpaired) electrons. The predicted molar refractivity (Wildman–Crippen MR) is 83.8 cm³/mol. The highest BCUT2D eigenvalue weighted by atomic mass is 32.2. The maximum atomic E-state index is 12.6. The second kappa shape index (κ2) is 6.18. The second-order valence-corrected chi connectivity index (χ2v) is 6.55. The zero-order valence-corrected chi connectivity index (χ0v) is 13.5. The van der Waals surface area contributed by atoms with Gasteiger partial charge >= 0.3 is 6.09 Å². The summed E-state index contributed by atoms with van der Waals surface area (Å²) in [5, 5.41) is 0. The van der Waals surface area contributed by atoms with Crippen molar-refractivity contribution in [1.82, 2.24) is 13.5 Å². The minimum Gasteiger partial charge on any atom is -0.452 e. The van der Waals surface area contributed by atoms with Crippen LogP contribution < -0.4 is 0 Å². The number of ether oxygens (including phenoxy) is 1. The summed E-state index contributed by atoms with van der Waals surface area (Å²) in [6, 6.07) is 7.89. The molecular formula is C15H19N3O3S. The van der Waals surface area contributed by atoms with Crippen LogP contribution >= 0.6 is 12.1 Å². The molecule has 7 heteroatoms. The van der Waals surface area contributed by atoms with Gasteiger partial charge in [0.1, 0.15) is 6.04 Å². The summed E-state index contributed by atoms with van der Waals surface area (Å²) in [5.74, 6) is 0.103. The molecule has 6 nitrogen and oxygen atoms in total. The monoisotopic (exact) mass is 321 g/mol. The first-order valence-electron chi connectivity index (χ1n) is 7.22. The van der Waals surface area contributed by atoms with E-state index in [1.807, 2.05) is 16.4 Å². The lowest BCUT2D eigenvalue weighted by molar-refractivity contribution is -0.134. The third kappa shape index (κ3) is 2.78. The summed E-state index contributed by atoms with van der Waals surface area (Å²) < 4.78 is 8.39. The van der Waals surface area contributed by atoms with Crippen LogP contribution in [0.2, 0.25) is 0 Å². The molecule has 0 spiro atoms. The van der Waals surface area contributed by atoms with Crippen LogP contribution in [0.1, 0.15) is 11.1 Å². The van der Waals surface area contributed by atoms with E-state index in [1.54, 1.807) is 16.3 Å². The zero-order valence-electron chi connectivity index (χ0n) is 12.7. The van der Waals surface area contributed by atoms with Gasteiger partial charge in [-0.1, -0.05) is 24.3 Å². The summed E-state index contributed by atoms with van der Waals surface area (Å²) in [6.45, 7) is 1.59. The van der Waals surface area contributed by atoms with E-state index in [1.165, 1.54) is 30.4 Å². The van der Waals surface area contributed by atoms with Crippen molar-refractivity contribution in [3.05, 3.63) is 35.4 Å². The number of carbonyl (C=O) groups is 2. The highest BCUT2D eigenvalue weighted by molar-refractivity contribution is 7.95. The Kier molecular flexibility index (Phi) is 4.26. The zero-order chi connectivity index (χ0) is 15.7. The van der Waals surface area contributed by atoms with Crippen LogP contribution in [0.3, 0.4) is 0 Å². The third-order valence-corrected chi connectivity index (χ3v) is 5.21. The standard InChI is InChI=1S/C15H19N3O3S/c1-16-7-8-17(15(20)21-2)22-18-10-12-6-4-3-5-11(12)9-13(18)14(16)19/h3-6,13H,7-10H2,1-2H3. The number of rotatable bonds is 0. The Morgan fingerprint density at radius 3 is 2.73 bits per heavy atom. The molecule has 1 aromatic carbocycles. The first kappa shape index (κ1) is 15.2. The van der Waals surface area contributed by atoms with Crippen LogP contribution in [0, 0.1) is 0 Å². The minimum absolute atomic E-state index is 0.103. The van der Waals surface area contributed by atoms with E-state index in [0.717, 1.165) is 0 Å². The van der Waals surface area contributed by atoms with Crippen LogP contribution in [0.5, 0.6) is 0 Å². The van der Waals surface area contributed by atoms with Gasteiger partial charge in [-0.2, -0.15) is 0 Å². The number of amides is 2. The average molecular weight is 321 g/mol. The van der Waals surface area contributed by atoms with Crippen LogP contribution in [0.4, 0.5) is 4.79 Å². The topological polar surface area (TPSA) is 53.1 Å². The number of fused-ring (bicyclic) bond motifs is 2. The fraction of sp³-hybridized carbons (Fsp3) is 0.467. The molecule has 1 unspecified atom stereocenters. The van der Waals surface area contributed by atoms with E-state index in [4.69, 9.17) is 4.74 Å². The van der Waals surface area contributed by atoms with Crippen LogP contribution in [0.15, 0.2) is 24.3 Å². The van der Waals surface area contributed by atoms with Gasteiger partial charge in [-0.15, -0.1) is 0 Å². The molecule has 2 aliphatic heterocycles. The Bertz CT molecular complexity index is 595. The molecule has 1 saturated heterocycles. The number of hydrogen-bond acceptors (Lipinski definition) is 5. The van der Waals surface area contributed by atoms with Crippen molar-refractivity contribution in [2.75, 3.05) is 27.2 Å². The summed E-state index contributed by atoms with van der Waals surface area (Å²) in [7, 11) is 3.16. The fourth-order valence-corrected chi connectivity index (χ4v) is 3.83. The molecule has 2 heterocycles. The number of likely N-dealkylation sites (N-methyl/N-ethyl adjacent to an activating group) is 1. The van der Waals surface area contributed by atoms with Gasteiger partial charge in [-0.3, -0.25) is 4.79 Å². The molecule has 1 atom stereocenters. The highest BCUT2D eigenvalue weighted by Gasteiger charge is 2.37. The second-order valence-electron chi connectivity index (χ2n) is 5.48. The summed E-state index contributed by atoms with van der Waals surface area (Å²) in [4.78, 5) is 26.2. The van der Waals surface area contributed by atoms with Gasteiger partial charge in [0, 0.05) is 32.3 Å². The number of hydrogen-bond donors (Lipinski definition) is 0. The Morgan fingerprint density at radius 1 is 1.27 bits per heavy atom. The van der Waals surface area contributed by atoms with Crippen LogP contribution in [0.25, 0.3) is 0 Å². The molecule has 1 aromatic rings. The smallest absolute Gasteiger partial charge is 0.420 e. The van der Waals surface area contributed by atoms with E-state index in [-0.39, 0.29) is 18.0 Å². The average Bonchev–Trinajstić information content (AvgIpc) is 2.55. The maximum absolute atomic E-state index is 12.6. The van der Waals surface area contributed by atoms with Crippen molar-refractivity contribution >= 4 is 24.1 Å². The Morgan fingerprint density at radius 2 is 2.00 bits per heavy atom. The van der Waals surface area contributed by atoms with Gasteiger partial charge in [0.25, 0.3) is 0 Å². The van der Waals surface area contributed by atoms with Crippen molar-refractivity contribution in [3.8, 4) is 0 Å². The van der Waals surface area contributed by atoms with E-state index >= 15 is 0 Å². The molecule has 2 amide bonds. The summed E-state index contributed by atoms with van der Waals surface area (Å²) in [5.41, 5.74) is 2.41. The van der Waals surface area contributed by atoms with Crippen LogP contribution in [-0.4, -0.2) is 58.8 Å². The lowest BCUT2D eigenvalue weighted by atomic mass is 9.95. The molecule has 22 heavy (non-hydrogen) atoms. The number of methoxy groups -OCH3 is 1. The van der Waals surface area contributed by atoms with E-state index in [0.29, 0.717) is 26.1 Å². The Hall–Kier alpha value is -1.73. The van der Waals surface area contributed by atoms with Gasteiger partial charge in [-0.05, 0) is 17.5 Å². The Balaban J connectivity index is 1.90. The van der Waals surface area contributed by atoms with Crippen molar-refractivity contribution in [1.29, 1.82) is 0 Å². The van der Waals surface area contributed by atoms with E-state index in [9.17, 15) is 9.59 Å². The lowest BCUT2D eigenvalue weighted by Crippen LogP contribution is -2.53. The predicted octanol–water partition coefficient (Wildman–Crippen LogP) is 1.52. The van der Waals surface area contributed by atoms with E-state index in [2.05, 4.69) is 12.1 Å². The largest absolute Gasteiger partial charge is 0.452 e. The molecule has 0 saturated carbocycles. The molecule has 0 N–H and O–H groups in total. The van der Waals surface area contributed by atoms with Gasteiger partial charge in [0.15, 0.2) is 0 Å². The molecule has 3 rings (SSSR count). The number of benzene rings is 1. The SMILES string of the molecule is COC(=O)N1CCN(C)C(=O)C2Cc3ccccc3CN2S1. The number of nitrogens with zero attached hydrogens (tertiary/aromatic N) is 3. The van der Waals surface area contributed by atoms with Gasteiger partial charge in [-0.25, -0.2) is 13.4 Å². The number of carbonyl (C=O) groups excluding carboxylic acids is 2. The molecular weight excluding hydrogens is 302 g/mol. The molecule has 2 aliphatic rings. The minimum atomic E-state index is -0.384. The molecule has 118 valence electrons. The fourth-order valence-electron chi connectivity index (χ4n) is 2.79. The van der Waals surface area contributed by atoms with Crippen molar-refractivity contribution < 1.29 is 14.3 Å². The summed E-state index contributed by atoms with van der Waals surface area (Å²) in [6.07, 6.45) is 0.284. The molecule has 0 aromatic heterocycles. The van der Waals surface area contributed by atoms with Crippen LogP contribution in [-0.2, 0) is 22.5 Å². The van der Waals surface area contributed by atoms with Crippen molar-refractivity contribution in [2.24, 2.45) is 0 Å². The molecule has 0 bridgehead atoms. The third-order valence-electron chi connectivity index (χ3n) is 4.09. The van der Waals surface area contributed by atoms with Gasteiger partial charge in [0.05, 0.1) is 13.7 Å². The van der Waals surface area contributed by atoms with E-state index < -0.39 is 0 Å². The Labute approximate surface area is 134 Å². The lowest BCUT2D eigenvalue weighted by Gasteiger charge is -2.41. The first-order chi connectivity index (χ1) is 10.6. The molecule has 0 aliphatic carbocycles. The normalized spacial score (nSPS) is 22.5. The first-order valence-corrected chi connectivity index (χ1v) is 7.95. The van der Waals surface area contributed by atoms with Gasteiger partial charge < -0.3 is 9.64 Å².